The van der Waals surface area contributed by atoms with Crippen molar-refractivity contribution in [3.63, 3.8) is 0 Å². The van der Waals surface area contributed by atoms with Crippen LogP contribution in [0.4, 0.5) is 21.0 Å². The van der Waals surface area contributed by atoms with Crippen molar-refractivity contribution in [1.29, 1.82) is 0 Å². The maximum atomic E-state index is 12.8. The van der Waals surface area contributed by atoms with E-state index in [9.17, 15) is 9.59 Å². The van der Waals surface area contributed by atoms with E-state index in [1.807, 2.05) is 24.3 Å². The Labute approximate surface area is 388 Å². The molecule has 8 rings (SSSR count). The number of morpholine rings is 2. The van der Waals surface area contributed by atoms with Gasteiger partial charge in [0.25, 0.3) is 0 Å². The van der Waals surface area contributed by atoms with Crippen LogP contribution in [0.5, 0.6) is 23.0 Å². The van der Waals surface area contributed by atoms with Gasteiger partial charge in [0.05, 0.1) is 78.4 Å². The Morgan fingerprint density at radius 2 is 0.894 bits per heavy atom. The predicted octanol–water partition coefficient (Wildman–Crippen LogP) is 6.54. The summed E-state index contributed by atoms with van der Waals surface area (Å²) in [6.45, 7) is 10.6. The maximum Gasteiger partial charge on any atom is 0.337 e. The highest BCUT2D eigenvalue weighted by Gasteiger charge is 2.32. The Morgan fingerprint density at radius 1 is 0.561 bits per heavy atom. The van der Waals surface area contributed by atoms with Crippen LogP contribution in [-0.4, -0.2) is 141 Å². The first-order chi connectivity index (χ1) is 32.2. The van der Waals surface area contributed by atoms with Gasteiger partial charge in [-0.3, -0.25) is 0 Å². The lowest BCUT2D eigenvalue weighted by Crippen LogP contribution is -2.42. The summed E-state index contributed by atoms with van der Waals surface area (Å²) < 4.78 is 33.2. The van der Waals surface area contributed by atoms with Crippen LogP contribution in [0.25, 0.3) is 0 Å². The van der Waals surface area contributed by atoms with Crippen LogP contribution < -0.4 is 39.4 Å². The normalized spacial score (nSPS) is 18.2. The third-order valence-corrected chi connectivity index (χ3v) is 12.6. The molecule has 0 aliphatic carbocycles. The lowest BCUT2D eigenvalue weighted by molar-refractivity contribution is 0.122. The fraction of sp³-hybridized carbons (Fsp3) is 0.440. The molecule has 0 radical (unpaired) electrons. The largest absolute Gasteiger partial charge is 0.493 e. The second kappa shape index (κ2) is 22.1. The monoisotopic (exact) mass is 904 g/mol. The summed E-state index contributed by atoms with van der Waals surface area (Å²) in [4.78, 5) is 30.2. The highest BCUT2D eigenvalue weighted by molar-refractivity contribution is 6.15. The number of methoxy groups -OCH3 is 4. The molecule has 1 unspecified atom stereocenters. The highest BCUT2D eigenvalue weighted by Crippen LogP contribution is 2.37. The van der Waals surface area contributed by atoms with Crippen LogP contribution in [0.15, 0.2) is 83.0 Å². The minimum atomic E-state index is -0.226. The molecular weight excluding hydrogens is 841 g/mol. The summed E-state index contributed by atoms with van der Waals surface area (Å²) in [6, 6.07) is 24.0. The van der Waals surface area contributed by atoms with Crippen LogP contribution in [0.2, 0.25) is 0 Å². The van der Waals surface area contributed by atoms with E-state index >= 15 is 0 Å². The van der Waals surface area contributed by atoms with Gasteiger partial charge in [0.1, 0.15) is 0 Å². The fourth-order valence-corrected chi connectivity index (χ4v) is 8.80. The molecule has 2 saturated heterocycles. The van der Waals surface area contributed by atoms with Crippen molar-refractivity contribution in [1.82, 2.24) is 20.7 Å². The molecule has 2 fully saturated rings. The van der Waals surface area contributed by atoms with E-state index in [-0.39, 0.29) is 24.1 Å². The van der Waals surface area contributed by atoms with Crippen LogP contribution in [0.3, 0.4) is 0 Å². The van der Waals surface area contributed by atoms with Gasteiger partial charge in [0.15, 0.2) is 23.0 Å². The number of rotatable bonds is 10. The van der Waals surface area contributed by atoms with E-state index in [4.69, 9.17) is 38.6 Å². The minimum absolute atomic E-state index is 0.0769. The molecule has 0 bridgehead atoms. The third kappa shape index (κ3) is 10.3. The molecule has 2 atom stereocenters. The zero-order valence-corrected chi connectivity index (χ0v) is 39.5. The molecule has 4 aromatic carbocycles. The summed E-state index contributed by atoms with van der Waals surface area (Å²) in [5.41, 5.74) is 9.67. The zero-order valence-electron chi connectivity index (χ0n) is 39.5. The first-order valence-electron chi connectivity index (χ1n) is 22.7. The van der Waals surface area contributed by atoms with Crippen molar-refractivity contribution in [2.45, 2.75) is 51.6 Å². The number of amides is 4. The Morgan fingerprint density at radius 3 is 1.20 bits per heavy atom. The predicted molar refractivity (Wildman–Crippen MR) is 257 cm³/mol. The second-order valence-electron chi connectivity index (χ2n) is 16.3. The average molecular weight is 905 g/mol. The van der Waals surface area contributed by atoms with Crippen LogP contribution >= 0.6 is 0 Å². The number of carbonyl (C=O) groups is 2. The third-order valence-electron chi connectivity index (χ3n) is 12.6. The Balaban J connectivity index is 0.000000196. The number of ether oxygens (including phenoxy) is 6. The molecule has 0 aromatic heterocycles. The molecule has 0 saturated carbocycles. The first kappa shape index (κ1) is 47.4. The number of hydrazone groups is 2. The summed E-state index contributed by atoms with van der Waals surface area (Å²) in [5, 5.41) is 18.4. The number of hydrogen-bond acceptors (Lipinski definition) is 12. The van der Waals surface area contributed by atoms with Gasteiger partial charge in [0.2, 0.25) is 0 Å². The second-order valence-corrected chi connectivity index (χ2v) is 16.3. The topological polar surface area (TPSA) is 151 Å². The van der Waals surface area contributed by atoms with Gasteiger partial charge in [-0.15, -0.1) is 0 Å². The van der Waals surface area contributed by atoms with Crippen LogP contribution in [0, 0.1) is 0 Å². The van der Waals surface area contributed by atoms with E-state index in [1.165, 1.54) is 0 Å². The molecule has 4 aliphatic heterocycles. The van der Waals surface area contributed by atoms with Crippen LogP contribution in [0.1, 0.15) is 60.1 Å². The van der Waals surface area contributed by atoms with Gasteiger partial charge < -0.3 is 48.9 Å². The number of urea groups is 2. The lowest BCUT2D eigenvalue weighted by atomic mass is 9.93. The zero-order chi connectivity index (χ0) is 46.7. The van der Waals surface area contributed by atoms with E-state index in [2.05, 4.69) is 82.8 Å². The van der Waals surface area contributed by atoms with Crippen molar-refractivity contribution < 1.29 is 38.0 Å². The maximum absolute atomic E-state index is 12.8. The molecule has 16 heteroatoms. The van der Waals surface area contributed by atoms with Crippen molar-refractivity contribution in [2.24, 2.45) is 10.2 Å². The Hall–Kier alpha value is -6.52. The number of benzene rings is 4. The molecule has 2 N–H and O–H groups in total. The Kier molecular flexibility index (Phi) is 15.9. The quantitative estimate of drug-likeness (QED) is 0.180. The molecular formula is C50H64N8O8. The summed E-state index contributed by atoms with van der Waals surface area (Å²) in [7, 11) is 9.78. The molecule has 4 aromatic rings. The fourth-order valence-electron chi connectivity index (χ4n) is 8.80. The molecule has 4 heterocycles. The summed E-state index contributed by atoms with van der Waals surface area (Å²) >= 11 is 0. The van der Waals surface area contributed by atoms with Crippen molar-refractivity contribution >= 4 is 34.9 Å². The molecule has 16 nitrogen and oxygen atoms in total. The molecule has 4 aliphatic rings. The SMILES string of the molecule is CCC1Cc2cc(OC)c(OC)cc2C(c2ccc(N3CCOCC3)cc2)=NN1C(=O)NC.CC[C@H]1Cc2cc(OC)c(OC)cc2C(c2ccc(N3CCOCC3)cc2)=NN1C(=O)NC. The van der Waals surface area contributed by atoms with Gasteiger partial charge >= 0.3 is 12.1 Å². The Bertz CT molecular complexity index is 2200. The summed E-state index contributed by atoms with van der Waals surface area (Å²) in [5.74, 6) is 2.61. The smallest absolute Gasteiger partial charge is 0.337 e. The van der Waals surface area contributed by atoms with E-state index in [0.717, 1.165) is 122 Å². The minimum Gasteiger partial charge on any atom is -0.493 e. The molecule has 352 valence electrons. The number of fused-ring (bicyclic) bond motifs is 2. The molecule has 4 amide bonds. The lowest BCUT2D eigenvalue weighted by Gasteiger charge is -2.29. The van der Waals surface area contributed by atoms with Crippen molar-refractivity contribution in [3.05, 3.63) is 106 Å². The van der Waals surface area contributed by atoms with Gasteiger partial charge in [-0.1, -0.05) is 38.1 Å². The van der Waals surface area contributed by atoms with Crippen molar-refractivity contribution in [3.8, 4) is 23.0 Å². The average Bonchev–Trinajstić information content (AvgIpc) is 3.65. The standard InChI is InChI=1S/2C25H32N4O4/c2*1-5-19-14-18-15-22(31-3)23(32-4)16-21(18)24(27-29(19)25(30)26-2)17-6-8-20(9-7-17)28-10-12-33-13-11-28/h2*6-9,15-16,19H,5,10-14H2,1-4H3,(H,26,30)/t19-;/m0./s1. The number of nitrogens with one attached hydrogen (secondary N) is 2. The van der Waals surface area contributed by atoms with E-state index < -0.39 is 0 Å². The number of carbonyl (C=O) groups excluding carboxylic acids is 2. The number of hydrogen-bond donors (Lipinski definition) is 2. The van der Waals surface area contributed by atoms with Gasteiger partial charge in [-0.25, -0.2) is 19.6 Å². The van der Waals surface area contributed by atoms with E-state index in [1.54, 1.807) is 52.6 Å². The number of anilines is 2. The molecule has 0 spiro atoms. The summed E-state index contributed by atoms with van der Waals surface area (Å²) in [6.07, 6.45) is 2.87. The van der Waals surface area contributed by atoms with Crippen LogP contribution in [-0.2, 0) is 22.3 Å². The van der Waals surface area contributed by atoms with Crippen molar-refractivity contribution in [2.75, 3.05) is 105 Å². The first-order valence-corrected chi connectivity index (χ1v) is 22.7. The highest BCUT2D eigenvalue weighted by atomic mass is 16.5. The molecule has 66 heavy (non-hydrogen) atoms. The van der Waals surface area contributed by atoms with Gasteiger partial charge in [-0.05, 0) is 85.3 Å². The van der Waals surface area contributed by atoms with Gasteiger partial charge in [0, 0.05) is 73.9 Å². The van der Waals surface area contributed by atoms with E-state index in [0.29, 0.717) is 35.8 Å². The van der Waals surface area contributed by atoms with Gasteiger partial charge in [-0.2, -0.15) is 10.2 Å². The number of nitrogens with zero attached hydrogens (tertiary/aromatic N) is 6.